The van der Waals surface area contributed by atoms with Crippen molar-refractivity contribution in [3.05, 3.63) is 46.4 Å². The molecule has 0 spiro atoms. The molecule has 0 unspecified atom stereocenters. The Morgan fingerprint density at radius 3 is 2.79 bits per heavy atom. The predicted molar refractivity (Wildman–Crippen MR) is 64.5 cm³/mol. The van der Waals surface area contributed by atoms with Gasteiger partial charge in [-0.25, -0.2) is 4.39 Å². The number of carboxylic acids is 1. The van der Waals surface area contributed by atoms with Crippen molar-refractivity contribution in [1.82, 2.24) is 10.2 Å². The van der Waals surface area contributed by atoms with Crippen LogP contribution in [0.2, 0.25) is 5.02 Å². The minimum atomic E-state index is -0.947. The molecule has 0 aliphatic carbocycles. The fraction of sp³-hybridized carbons (Fsp3) is 0.250. The van der Waals surface area contributed by atoms with Gasteiger partial charge >= 0.3 is 5.97 Å². The third-order valence-electron chi connectivity index (χ3n) is 2.45. The summed E-state index contributed by atoms with van der Waals surface area (Å²) in [4.78, 5) is 10.4. The van der Waals surface area contributed by atoms with E-state index >= 15 is 0 Å². The highest BCUT2D eigenvalue weighted by molar-refractivity contribution is 6.31. The van der Waals surface area contributed by atoms with Gasteiger partial charge in [-0.1, -0.05) is 17.7 Å². The molecule has 0 saturated carbocycles. The Kier molecular flexibility index (Phi) is 4.11. The summed E-state index contributed by atoms with van der Waals surface area (Å²) < 4.78 is 18.8. The average Bonchev–Trinajstić information content (AvgIpc) is 2.79. The lowest BCUT2D eigenvalue weighted by atomic mass is 10.1. The molecule has 100 valence electrons. The number of halogens is 2. The highest BCUT2D eigenvalue weighted by Crippen LogP contribution is 2.21. The monoisotopic (exact) mass is 284 g/mol. The van der Waals surface area contributed by atoms with Crippen molar-refractivity contribution >= 4 is 17.6 Å². The van der Waals surface area contributed by atoms with Crippen LogP contribution in [0.25, 0.3) is 0 Å². The molecule has 0 saturated heterocycles. The first kappa shape index (κ1) is 13.5. The number of carboxylic acid groups (broad SMARTS) is 1. The largest absolute Gasteiger partial charge is 0.481 e. The average molecular weight is 285 g/mol. The van der Waals surface area contributed by atoms with Gasteiger partial charge in [0.1, 0.15) is 5.82 Å². The lowest BCUT2D eigenvalue weighted by molar-refractivity contribution is -0.137. The molecule has 1 N–H and O–H groups in total. The number of hydrogen-bond donors (Lipinski definition) is 1. The van der Waals surface area contributed by atoms with Crippen molar-refractivity contribution in [2.24, 2.45) is 0 Å². The normalized spacial score (nSPS) is 10.6. The molecule has 0 bridgehead atoms. The zero-order valence-electron chi connectivity index (χ0n) is 9.77. The summed E-state index contributed by atoms with van der Waals surface area (Å²) >= 11 is 5.88. The molecular weight excluding hydrogens is 275 g/mol. The third-order valence-corrected chi connectivity index (χ3v) is 2.81. The number of aryl methyl sites for hydroxylation is 1. The van der Waals surface area contributed by atoms with E-state index in [1.165, 1.54) is 12.1 Å². The topological polar surface area (TPSA) is 76.2 Å². The Labute approximate surface area is 113 Å². The van der Waals surface area contributed by atoms with Crippen molar-refractivity contribution in [1.29, 1.82) is 0 Å². The molecule has 0 fully saturated rings. The van der Waals surface area contributed by atoms with E-state index in [2.05, 4.69) is 10.2 Å². The molecule has 0 radical (unpaired) electrons. The first-order valence-corrected chi connectivity index (χ1v) is 5.90. The molecule has 7 heteroatoms. The zero-order valence-corrected chi connectivity index (χ0v) is 10.5. The molecule has 2 rings (SSSR count). The van der Waals surface area contributed by atoms with Crippen molar-refractivity contribution in [2.75, 3.05) is 0 Å². The maximum absolute atomic E-state index is 13.5. The maximum Gasteiger partial charge on any atom is 0.303 e. The lowest BCUT2D eigenvalue weighted by Crippen LogP contribution is -1.97. The fourth-order valence-electron chi connectivity index (χ4n) is 1.53. The van der Waals surface area contributed by atoms with Gasteiger partial charge in [0.25, 0.3) is 0 Å². The Hall–Kier alpha value is -1.95. The first-order valence-electron chi connectivity index (χ1n) is 5.52. The molecule has 19 heavy (non-hydrogen) atoms. The quantitative estimate of drug-likeness (QED) is 0.913. The number of hydrogen-bond acceptors (Lipinski definition) is 4. The van der Waals surface area contributed by atoms with Gasteiger partial charge in [-0.15, -0.1) is 10.2 Å². The molecule has 5 nitrogen and oxygen atoms in total. The first-order chi connectivity index (χ1) is 9.06. The maximum atomic E-state index is 13.5. The van der Waals surface area contributed by atoms with Crippen LogP contribution in [-0.2, 0) is 17.6 Å². The van der Waals surface area contributed by atoms with Gasteiger partial charge in [-0.2, -0.15) is 0 Å². The summed E-state index contributed by atoms with van der Waals surface area (Å²) in [5.41, 5.74) is 0.276. The molecule has 0 aliphatic rings. The van der Waals surface area contributed by atoms with Crippen molar-refractivity contribution < 1.29 is 18.7 Å². The van der Waals surface area contributed by atoms with E-state index in [0.29, 0.717) is 0 Å². The van der Waals surface area contributed by atoms with Gasteiger partial charge in [0.2, 0.25) is 11.8 Å². The number of carbonyl (C=O) groups is 1. The summed E-state index contributed by atoms with van der Waals surface area (Å²) in [5, 5.41) is 16.3. The van der Waals surface area contributed by atoms with Crippen LogP contribution in [-0.4, -0.2) is 21.3 Å². The minimum absolute atomic E-state index is 0.0750. The van der Waals surface area contributed by atoms with Crippen LogP contribution in [0.1, 0.15) is 23.8 Å². The number of rotatable bonds is 5. The Bertz CT molecular complexity index is 580. The van der Waals surface area contributed by atoms with E-state index in [4.69, 9.17) is 21.1 Å². The van der Waals surface area contributed by atoms with Gasteiger partial charge in [0, 0.05) is 17.0 Å². The number of aliphatic carboxylic acids is 1. The smallest absolute Gasteiger partial charge is 0.303 e. The van der Waals surface area contributed by atoms with E-state index in [-0.39, 0.29) is 41.6 Å². The Morgan fingerprint density at radius 1 is 1.37 bits per heavy atom. The van der Waals surface area contributed by atoms with E-state index in [1.54, 1.807) is 6.07 Å². The lowest BCUT2D eigenvalue weighted by Gasteiger charge is -2.01. The van der Waals surface area contributed by atoms with Crippen LogP contribution in [0.4, 0.5) is 4.39 Å². The summed E-state index contributed by atoms with van der Waals surface area (Å²) in [6.07, 6.45) is 0.126. The zero-order chi connectivity index (χ0) is 13.8. The summed E-state index contributed by atoms with van der Waals surface area (Å²) in [6, 6.07) is 4.37. The van der Waals surface area contributed by atoms with Crippen LogP contribution in [0, 0.1) is 5.82 Å². The van der Waals surface area contributed by atoms with E-state index in [9.17, 15) is 9.18 Å². The molecule has 1 aromatic heterocycles. The molecule has 0 aliphatic heterocycles. The molecule has 0 amide bonds. The summed E-state index contributed by atoms with van der Waals surface area (Å²) in [6.45, 7) is 0. The Morgan fingerprint density at radius 2 is 2.11 bits per heavy atom. The fourth-order valence-corrected chi connectivity index (χ4v) is 1.76. The molecular formula is C12H10ClFN2O3. The van der Waals surface area contributed by atoms with Crippen molar-refractivity contribution in [2.45, 2.75) is 19.3 Å². The number of nitrogens with zero attached hydrogens (tertiary/aromatic N) is 2. The van der Waals surface area contributed by atoms with E-state index in [0.717, 1.165) is 0 Å². The van der Waals surface area contributed by atoms with Gasteiger partial charge < -0.3 is 9.52 Å². The SMILES string of the molecule is O=C(O)CCc1nnc(Cc2c(F)cccc2Cl)o1. The molecule has 1 heterocycles. The second-order valence-electron chi connectivity index (χ2n) is 3.86. The summed E-state index contributed by atoms with van der Waals surface area (Å²) in [5.74, 6) is -0.980. The van der Waals surface area contributed by atoms with Crippen molar-refractivity contribution in [3.63, 3.8) is 0 Å². The van der Waals surface area contributed by atoms with Crippen LogP contribution in [0.3, 0.4) is 0 Å². The van der Waals surface area contributed by atoms with Crippen molar-refractivity contribution in [3.8, 4) is 0 Å². The predicted octanol–water partition coefficient (Wildman–Crippen LogP) is 2.47. The third kappa shape index (κ3) is 3.51. The van der Waals surface area contributed by atoms with Gasteiger partial charge in [0.15, 0.2) is 0 Å². The highest BCUT2D eigenvalue weighted by Gasteiger charge is 2.13. The second-order valence-corrected chi connectivity index (χ2v) is 4.27. The van der Waals surface area contributed by atoms with Gasteiger partial charge in [-0.05, 0) is 12.1 Å². The second kappa shape index (κ2) is 5.79. The van der Waals surface area contributed by atoms with Gasteiger partial charge in [-0.3, -0.25) is 4.79 Å². The minimum Gasteiger partial charge on any atom is -0.481 e. The highest BCUT2D eigenvalue weighted by atomic mass is 35.5. The van der Waals surface area contributed by atoms with Crippen LogP contribution >= 0.6 is 11.6 Å². The van der Waals surface area contributed by atoms with Crippen LogP contribution in [0.5, 0.6) is 0 Å². The van der Waals surface area contributed by atoms with Gasteiger partial charge in [0.05, 0.1) is 12.8 Å². The van der Waals surface area contributed by atoms with Crippen LogP contribution in [0.15, 0.2) is 22.6 Å². The standard InChI is InChI=1S/C12H10ClFN2O3/c13-8-2-1-3-9(14)7(8)6-11-16-15-10(19-11)4-5-12(17)18/h1-3H,4-6H2,(H,17,18). The van der Waals surface area contributed by atoms with E-state index < -0.39 is 11.8 Å². The molecule has 2 aromatic rings. The number of aromatic nitrogens is 2. The van der Waals surface area contributed by atoms with Crippen LogP contribution < -0.4 is 0 Å². The van der Waals surface area contributed by atoms with E-state index in [1.807, 2.05) is 0 Å². The molecule has 0 atom stereocenters. The Balaban J connectivity index is 2.09. The summed E-state index contributed by atoms with van der Waals surface area (Å²) in [7, 11) is 0. The molecule has 1 aromatic carbocycles. The number of benzene rings is 1.